The molecule has 0 spiro atoms. The molecule has 0 aromatic heterocycles. The summed E-state index contributed by atoms with van der Waals surface area (Å²) in [6.07, 6.45) is 2.95. The van der Waals surface area contributed by atoms with Gasteiger partial charge in [-0.05, 0) is 48.1 Å². The molecule has 0 unspecified atom stereocenters. The molecular weight excluding hydrogens is 274 g/mol. The third-order valence-electron chi connectivity index (χ3n) is 3.93. The van der Waals surface area contributed by atoms with Crippen LogP contribution in [0, 0.1) is 0 Å². The topological polar surface area (TPSA) is 38.3 Å². The zero-order chi connectivity index (χ0) is 15.9. The Morgan fingerprint density at radius 3 is 2.32 bits per heavy atom. The molecule has 0 fully saturated rings. The van der Waals surface area contributed by atoms with Crippen LogP contribution in [0.15, 0.2) is 42.5 Å². The number of benzene rings is 2. The molecule has 3 nitrogen and oxygen atoms in total. The molecule has 0 saturated heterocycles. The van der Waals surface area contributed by atoms with E-state index in [9.17, 15) is 4.79 Å². The Balaban J connectivity index is 2.08. The average molecular weight is 297 g/mol. The molecule has 22 heavy (non-hydrogen) atoms. The second kappa shape index (κ2) is 7.64. The molecule has 2 aromatic rings. The van der Waals surface area contributed by atoms with Crippen molar-refractivity contribution in [2.45, 2.75) is 26.2 Å². The van der Waals surface area contributed by atoms with Gasteiger partial charge in [-0.2, -0.15) is 0 Å². The van der Waals surface area contributed by atoms with Gasteiger partial charge in [0.05, 0.1) is 12.7 Å². The normalized spacial score (nSPS) is 10.3. The van der Waals surface area contributed by atoms with E-state index in [1.165, 1.54) is 29.5 Å². The molecule has 0 aliphatic heterocycles. The van der Waals surface area contributed by atoms with Gasteiger partial charge in [-0.1, -0.05) is 37.3 Å². The van der Waals surface area contributed by atoms with Gasteiger partial charge in [0.25, 0.3) is 0 Å². The first-order valence-electron chi connectivity index (χ1n) is 7.65. The lowest BCUT2D eigenvalue weighted by molar-refractivity contribution is 0.0600. The van der Waals surface area contributed by atoms with Crippen molar-refractivity contribution in [3.05, 3.63) is 64.7 Å². The third kappa shape index (κ3) is 3.67. The summed E-state index contributed by atoms with van der Waals surface area (Å²) < 4.78 is 4.71. The minimum Gasteiger partial charge on any atom is -0.465 e. The number of hydrogen-bond acceptors (Lipinski definition) is 3. The van der Waals surface area contributed by atoms with Gasteiger partial charge in [0.2, 0.25) is 0 Å². The van der Waals surface area contributed by atoms with Crippen molar-refractivity contribution < 1.29 is 9.53 Å². The first-order chi connectivity index (χ1) is 10.7. The lowest BCUT2D eigenvalue weighted by Gasteiger charge is -2.13. The predicted molar refractivity (Wildman–Crippen MR) is 90.6 cm³/mol. The van der Waals surface area contributed by atoms with Gasteiger partial charge in [0.1, 0.15) is 0 Å². The van der Waals surface area contributed by atoms with Crippen LogP contribution in [0.3, 0.4) is 0 Å². The van der Waals surface area contributed by atoms with Crippen LogP contribution in [-0.2, 0) is 24.0 Å². The summed E-state index contributed by atoms with van der Waals surface area (Å²) in [7, 11) is 3.37. The molecule has 0 aliphatic carbocycles. The number of esters is 1. The number of methoxy groups -OCH3 is 1. The molecule has 0 aliphatic rings. The second-order valence-electron chi connectivity index (χ2n) is 5.24. The van der Waals surface area contributed by atoms with Crippen molar-refractivity contribution >= 4 is 11.7 Å². The SMILES string of the molecule is CCc1cccc(CCc2ccc(C(=O)OC)cc2)c1NC. The largest absolute Gasteiger partial charge is 0.465 e. The minimum absolute atomic E-state index is 0.292. The number of rotatable bonds is 6. The van der Waals surface area contributed by atoms with E-state index in [0.29, 0.717) is 5.56 Å². The number of ether oxygens (including phenoxy) is 1. The highest BCUT2D eigenvalue weighted by molar-refractivity contribution is 5.89. The maximum absolute atomic E-state index is 11.4. The molecular formula is C19H23NO2. The van der Waals surface area contributed by atoms with E-state index < -0.39 is 0 Å². The van der Waals surface area contributed by atoms with Gasteiger partial charge in [0.15, 0.2) is 0 Å². The quantitative estimate of drug-likeness (QED) is 0.823. The zero-order valence-electron chi connectivity index (χ0n) is 13.5. The Labute approximate surface area is 132 Å². The Bertz CT molecular complexity index is 632. The molecule has 3 heteroatoms. The molecule has 2 rings (SSSR count). The third-order valence-corrected chi connectivity index (χ3v) is 3.93. The number of carbonyl (C=O) groups is 1. The van der Waals surface area contributed by atoms with Crippen molar-refractivity contribution in [1.29, 1.82) is 0 Å². The van der Waals surface area contributed by atoms with Crippen LogP contribution in [0.25, 0.3) is 0 Å². The average Bonchev–Trinajstić information content (AvgIpc) is 2.59. The standard InChI is InChI=1S/C19H23NO2/c1-4-15-6-5-7-16(18(15)20-2)11-8-14-9-12-17(13-10-14)19(21)22-3/h5-7,9-10,12-13,20H,4,8,11H2,1-3H3. The number of hydrogen-bond donors (Lipinski definition) is 1. The summed E-state index contributed by atoms with van der Waals surface area (Å²) in [5, 5.41) is 3.32. The van der Waals surface area contributed by atoms with Crippen molar-refractivity contribution in [3.63, 3.8) is 0 Å². The Hall–Kier alpha value is -2.29. The molecule has 0 bridgehead atoms. The van der Waals surface area contributed by atoms with Crippen LogP contribution in [0.5, 0.6) is 0 Å². The van der Waals surface area contributed by atoms with E-state index in [1.54, 1.807) is 0 Å². The summed E-state index contributed by atoms with van der Waals surface area (Å²) in [5.74, 6) is -0.292. The second-order valence-corrected chi connectivity index (χ2v) is 5.24. The fraction of sp³-hybridized carbons (Fsp3) is 0.316. The van der Waals surface area contributed by atoms with Crippen LogP contribution >= 0.6 is 0 Å². The molecule has 116 valence electrons. The van der Waals surface area contributed by atoms with Gasteiger partial charge >= 0.3 is 5.97 Å². The first-order valence-corrected chi connectivity index (χ1v) is 7.65. The molecule has 0 saturated carbocycles. The van der Waals surface area contributed by atoms with Crippen molar-refractivity contribution in [2.24, 2.45) is 0 Å². The first kappa shape index (κ1) is 16.1. The Morgan fingerprint density at radius 1 is 1.05 bits per heavy atom. The molecule has 1 N–H and O–H groups in total. The van der Waals surface area contributed by atoms with Gasteiger partial charge in [0, 0.05) is 12.7 Å². The highest BCUT2D eigenvalue weighted by Crippen LogP contribution is 2.23. The van der Waals surface area contributed by atoms with Gasteiger partial charge < -0.3 is 10.1 Å². The summed E-state index contributed by atoms with van der Waals surface area (Å²) >= 11 is 0. The van der Waals surface area contributed by atoms with Gasteiger partial charge in [-0.15, -0.1) is 0 Å². The smallest absolute Gasteiger partial charge is 0.337 e. The molecule has 0 radical (unpaired) electrons. The number of anilines is 1. The highest BCUT2D eigenvalue weighted by Gasteiger charge is 2.07. The van der Waals surface area contributed by atoms with Crippen LogP contribution in [-0.4, -0.2) is 20.1 Å². The van der Waals surface area contributed by atoms with E-state index in [2.05, 4.69) is 30.4 Å². The van der Waals surface area contributed by atoms with Gasteiger partial charge in [-0.3, -0.25) is 0 Å². The summed E-state index contributed by atoms with van der Waals surface area (Å²) in [4.78, 5) is 11.4. The zero-order valence-corrected chi connectivity index (χ0v) is 13.5. The van der Waals surface area contributed by atoms with E-state index in [0.717, 1.165) is 19.3 Å². The lowest BCUT2D eigenvalue weighted by Crippen LogP contribution is -2.03. The maximum atomic E-state index is 11.4. The number of carbonyl (C=O) groups excluding carboxylic acids is 1. The van der Waals surface area contributed by atoms with E-state index in [4.69, 9.17) is 4.74 Å². The van der Waals surface area contributed by atoms with E-state index in [-0.39, 0.29) is 5.97 Å². The molecule has 0 atom stereocenters. The minimum atomic E-state index is -0.292. The van der Waals surface area contributed by atoms with Crippen molar-refractivity contribution in [2.75, 3.05) is 19.5 Å². The molecule has 2 aromatic carbocycles. The number of para-hydroxylation sites is 1. The van der Waals surface area contributed by atoms with Crippen molar-refractivity contribution in [1.82, 2.24) is 0 Å². The Morgan fingerprint density at radius 2 is 1.73 bits per heavy atom. The fourth-order valence-electron chi connectivity index (χ4n) is 2.68. The fourth-order valence-corrected chi connectivity index (χ4v) is 2.68. The van der Waals surface area contributed by atoms with Crippen LogP contribution in [0.4, 0.5) is 5.69 Å². The molecule has 0 amide bonds. The summed E-state index contributed by atoms with van der Waals surface area (Å²) in [6, 6.07) is 14.1. The van der Waals surface area contributed by atoms with E-state index in [1.807, 2.05) is 31.3 Å². The summed E-state index contributed by atoms with van der Waals surface area (Å²) in [6.45, 7) is 2.17. The lowest BCUT2D eigenvalue weighted by atomic mass is 9.98. The van der Waals surface area contributed by atoms with Crippen LogP contribution in [0.1, 0.15) is 34.0 Å². The van der Waals surface area contributed by atoms with Crippen LogP contribution in [0.2, 0.25) is 0 Å². The summed E-state index contributed by atoms with van der Waals surface area (Å²) in [5.41, 5.74) is 5.74. The maximum Gasteiger partial charge on any atom is 0.337 e. The Kier molecular flexibility index (Phi) is 5.59. The number of nitrogens with one attached hydrogen (secondary N) is 1. The monoisotopic (exact) mass is 297 g/mol. The van der Waals surface area contributed by atoms with Gasteiger partial charge in [-0.25, -0.2) is 4.79 Å². The van der Waals surface area contributed by atoms with E-state index >= 15 is 0 Å². The molecule has 0 heterocycles. The van der Waals surface area contributed by atoms with Crippen molar-refractivity contribution in [3.8, 4) is 0 Å². The highest BCUT2D eigenvalue weighted by atomic mass is 16.5. The number of aryl methyl sites for hydroxylation is 3. The predicted octanol–water partition coefficient (Wildman–Crippen LogP) is 3.86. The van der Waals surface area contributed by atoms with Crippen LogP contribution < -0.4 is 5.32 Å².